The van der Waals surface area contributed by atoms with E-state index in [0.717, 1.165) is 25.2 Å². The number of fused-ring (bicyclic) bond motifs is 1. The van der Waals surface area contributed by atoms with Crippen molar-refractivity contribution in [2.45, 2.75) is 30.7 Å². The molecule has 1 unspecified atom stereocenters. The van der Waals surface area contributed by atoms with Crippen molar-refractivity contribution in [2.75, 3.05) is 29.6 Å². The van der Waals surface area contributed by atoms with Crippen LogP contribution in [0.3, 0.4) is 0 Å². The van der Waals surface area contributed by atoms with Gasteiger partial charge in [0, 0.05) is 37.1 Å². The fourth-order valence-electron chi connectivity index (χ4n) is 3.45. The molecule has 7 nitrogen and oxygen atoms in total. The molecule has 0 aromatic heterocycles. The molecule has 1 aliphatic rings. The van der Waals surface area contributed by atoms with E-state index in [0.29, 0.717) is 24.8 Å². The number of nitrogens with one attached hydrogen (secondary N) is 1. The fraction of sp³-hybridized carbons (Fsp3) is 0.368. The molecule has 0 saturated heterocycles. The lowest BCUT2D eigenvalue weighted by atomic mass is 9.97. The van der Waals surface area contributed by atoms with Crippen molar-refractivity contribution >= 4 is 26.9 Å². The number of aryl methyl sites for hydroxylation is 1. The third-order valence-electron chi connectivity index (χ3n) is 4.93. The number of sulfone groups is 1. The summed E-state index contributed by atoms with van der Waals surface area (Å²) >= 11 is 0. The van der Waals surface area contributed by atoms with Crippen LogP contribution in [0.15, 0.2) is 47.4 Å². The Morgan fingerprint density at radius 3 is 2.70 bits per heavy atom. The van der Waals surface area contributed by atoms with Crippen LogP contribution in [0.4, 0.5) is 17.1 Å². The normalized spacial score (nSPS) is 16.7. The van der Waals surface area contributed by atoms with E-state index in [4.69, 9.17) is 0 Å². The van der Waals surface area contributed by atoms with E-state index in [9.17, 15) is 18.5 Å². The molecule has 1 N–H and O–H groups in total. The van der Waals surface area contributed by atoms with E-state index in [2.05, 4.69) is 29.3 Å². The van der Waals surface area contributed by atoms with Gasteiger partial charge in [0.2, 0.25) is 0 Å². The van der Waals surface area contributed by atoms with E-state index < -0.39 is 14.8 Å². The minimum atomic E-state index is -3.49. The maximum atomic E-state index is 11.6. The zero-order valence-corrected chi connectivity index (χ0v) is 16.2. The number of hydrogen-bond acceptors (Lipinski definition) is 6. The third-order valence-corrected chi connectivity index (χ3v) is 6.04. The predicted molar refractivity (Wildman–Crippen MR) is 106 cm³/mol. The number of hydrogen-bond donors (Lipinski definition) is 1. The summed E-state index contributed by atoms with van der Waals surface area (Å²) in [6.07, 6.45) is 3.16. The molecule has 0 radical (unpaired) electrons. The van der Waals surface area contributed by atoms with Crippen LogP contribution in [-0.2, 0) is 16.3 Å². The largest absolute Gasteiger partial charge is 0.378 e. The molecule has 3 rings (SSSR count). The second-order valence-electron chi connectivity index (χ2n) is 6.84. The van der Waals surface area contributed by atoms with Crippen molar-refractivity contribution in [2.24, 2.45) is 0 Å². The Bertz CT molecular complexity index is 959. The Hall–Kier alpha value is -2.61. The highest BCUT2D eigenvalue weighted by Crippen LogP contribution is 2.31. The van der Waals surface area contributed by atoms with Crippen LogP contribution in [0.5, 0.6) is 0 Å². The lowest BCUT2D eigenvalue weighted by molar-refractivity contribution is -0.384. The van der Waals surface area contributed by atoms with E-state index in [-0.39, 0.29) is 10.6 Å². The van der Waals surface area contributed by atoms with Crippen molar-refractivity contribution in [1.82, 2.24) is 0 Å². The quantitative estimate of drug-likeness (QED) is 0.602. The zero-order valence-electron chi connectivity index (χ0n) is 15.4. The van der Waals surface area contributed by atoms with Crippen molar-refractivity contribution < 1.29 is 13.3 Å². The van der Waals surface area contributed by atoms with Gasteiger partial charge in [0.1, 0.15) is 5.69 Å². The van der Waals surface area contributed by atoms with Gasteiger partial charge in [0.15, 0.2) is 9.84 Å². The first-order chi connectivity index (χ1) is 12.8. The van der Waals surface area contributed by atoms with Gasteiger partial charge >= 0.3 is 0 Å². The fourth-order valence-corrected chi connectivity index (χ4v) is 4.10. The van der Waals surface area contributed by atoms with E-state index in [1.165, 1.54) is 23.4 Å². The SMILES string of the molecule is CC1CCc2ccccc2N1CCNc1ccc(S(C)(=O)=O)cc1[N+](=O)[O-]. The molecule has 27 heavy (non-hydrogen) atoms. The number of anilines is 2. The van der Waals surface area contributed by atoms with Gasteiger partial charge in [-0.25, -0.2) is 8.42 Å². The van der Waals surface area contributed by atoms with Crippen molar-refractivity contribution in [3.8, 4) is 0 Å². The summed E-state index contributed by atoms with van der Waals surface area (Å²) in [7, 11) is -3.49. The topological polar surface area (TPSA) is 92.6 Å². The van der Waals surface area contributed by atoms with Crippen LogP contribution in [0.1, 0.15) is 18.9 Å². The molecule has 2 aromatic rings. The number of para-hydroxylation sites is 1. The molecule has 2 aromatic carbocycles. The van der Waals surface area contributed by atoms with Crippen molar-refractivity contribution in [1.29, 1.82) is 0 Å². The van der Waals surface area contributed by atoms with E-state index in [1.807, 2.05) is 12.1 Å². The molecule has 0 amide bonds. The van der Waals surface area contributed by atoms with Crippen LogP contribution in [0, 0.1) is 10.1 Å². The summed E-state index contributed by atoms with van der Waals surface area (Å²) in [4.78, 5) is 13.0. The number of nitro benzene ring substituents is 1. The maximum absolute atomic E-state index is 11.6. The molecule has 1 heterocycles. The van der Waals surface area contributed by atoms with Crippen LogP contribution >= 0.6 is 0 Å². The Labute approximate surface area is 159 Å². The zero-order chi connectivity index (χ0) is 19.6. The standard InChI is InChI=1S/C19H23N3O4S/c1-14-7-8-15-5-3-4-6-18(15)21(14)12-11-20-17-10-9-16(27(2,25)26)13-19(17)22(23)24/h3-6,9-10,13-14,20H,7-8,11-12H2,1-2H3. The highest BCUT2D eigenvalue weighted by Gasteiger charge is 2.23. The summed E-state index contributed by atoms with van der Waals surface area (Å²) in [6.45, 7) is 3.39. The second-order valence-corrected chi connectivity index (χ2v) is 8.86. The monoisotopic (exact) mass is 389 g/mol. The lowest BCUT2D eigenvalue weighted by Gasteiger charge is -2.37. The molecule has 0 spiro atoms. The molecule has 1 aliphatic heterocycles. The average molecular weight is 389 g/mol. The van der Waals surface area contributed by atoms with Crippen LogP contribution in [-0.4, -0.2) is 38.7 Å². The van der Waals surface area contributed by atoms with Crippen molar-refractivity contribution in [3.05, 3.63) is 58.1 Å². The molecule has 0 saturated carbocycles. The molecule has 144 valence electrons. The van der Waals surface area contributed by atoms with Gasteiger partial charge < -0.3 is 10.2 Å². The predicted octanol–water partition coefficient (Wildman–Crippen LogP) is 3.25. The highest BCUT2D eigenvalue weighted by atomic mass is 32.2. The summed E-state index contributed by atoms with van der Waals surface area (Å²) in [6, 6.07) is 12.7. The Morgan fingerprint density at radius 1 is 1.26 bits per heavy atom. The third kappa shape index (κ3) is 4.21. The molecule has 0 aliphatic carbocycles. The Balaban J connectivity index is 1.75. The van der Waals surface area contributed by atoms with Crippen LogP contribution in [0.25, 0.3) is 0 Å². The first-order valence-corrected chi connectivity index (χ1v) is 10.7. The minimum Gasteiger partial charge on any atom is -0.378 e. The first kappa shape index (κ1) is 19.2. The molecular weight excluding hydrogens is 366 g/mol. The smallest absolute Gasteiger partial charge is 0.293 e. The van der Waals surface area contributed by atoms with Gasteiger partial charge in [-0.15, -0.1) is 0 Å². The minimum absolute atomic E-state index is 0.0571. The first-order valence-electron chi connectivity index (χ1n) is 8.84. The summed E-state index contributed by atoms with van der Waals surface area (Å²) in [5.74, 6) is 0. The number of benzene rings is 2. The van der Waals surface area contributed by atoms with Crippen LogP contribution < -0.4 is 10.2 Å². The Morgan fingerprint density at radius 2 is 2.00 bits per heavy atom. The van der Waals surface area contributed by atoms with E-state index >= 15 is 0 Å². The van der Waals surface area contributed by atoms with Gasteiger partial charge in [-0.3, -0.25) is 10.1 Å². The number of rotatable bonds is 6. The van der Waals surface area contributed by atoms with E-state index in [1.54, 1.807) is 0 Å². The maximum Gasteiger partial charge on any atom is 0.293 e. The molecule has 1 atom stereocenters. The summed E-state index contributed by atoms with van der Waals surface area (Å²) in [5.41, 5.74) is 2.62. The summed E-state index contributed by atoms with van der Waals surface area (Å²) < 4.78 is 23.3. The van der Waals surface area contributed by atoms with Gasteiger partial charge in [-0.05, 0) is 43.5 Å². The molecular formula is C19H23N3O4S. The van der Waals surface area contributed by atoms with Gasteiger partial charge in [0.25, 0.3) is 5.69 Å². The van der Waals surface area contributed by atoms with Gasteiger partial charge in [-0.2, -0.15) is 0 Å². The second kappa shape index (κ2) is 7.56. The Kier molecular flexibility index (Phi) is 5.36. The van der Waals surface area contributed by atoms with Crippen LogP contribution in [0.2, 0.25) is 0 Å². The lowest BCUT2D eigenvalue weighted by Crippen LogP contribution is -2.40. The molecule has 0 fully saturated rings. The highest BCUT2D eigenvalue weighted by molar-refractivity contribution is 7.90. The number of nitro groups is 1. The van der Waals surface area contributed by atoms with Gasteiger partial charge in [0.05, 0.1) is 9.82 Å². The van der Waals surface area contributed by atoms with Crippen molar-refractivity contribution in [3.63, 3.8) is 0 Å². The average Bonchev–Trinajstić information content (AvgIpc) is 2.62. The number of nitrogens with zero attached hydrogens (tertiary/aromatic N) is 2. The molecule has 0 bridgehead atoms. The summed E-state index contributed by atoms with van der Waals surface area (Å²) in [5, 5.41) is 14.4. The van der Waals surface area contributed by atoms with Gasteiger partial charge in [-0.1, -0.05) is 18.2 Å². The molecule has 8 heteroatoms.